The van der Waals surface area contributed by atoms with Crippen molar-refractivity contribution >= 4 is 23.2 Å². The predicted molar refractivity (Wildman–Crippen MR) is 95.9 cm³/mol. The summed E-state index contributed by atoms with van der Waals surface area (Å²) in [6.45, 7) is 7.27. The van der Waals surface area contributed by atoms with Crippen molar-refractivity contribution in [2.75, 3.05) is 18.5 Å². The van der Waals surface area contributed by atoms with Crippen molar-refractivity contribution in [3.63, 3.8) is 0 Å². The van der Waals surface area contributed by atoms with E-state index in [-0.39, 0.29) is 42.3 Å². The van der Waals surface area contributed by atoms with Crippen LogP contribution in [0.4, 0.5) is 5.69 Å². The van der Waals surface area contributed by atoms with Gasteiger partial charge in [-0.3, -0.25) is 14.4 Å². The van der Waals surface area contributed by atoms with Crippen LogP contribution >= 0.6 is 0 Å². The summed E-state index contributed by atoms with van der Waals surface area (Å²) >= 11 is 0. The largest absolute Gasteiger partial charge is 0.365 e. The van der Waals surface area contributed by atoms with Crippen molar-refractivity contribution in [1.29, 1.82) is 0 Å². The third-order valence-electron chi connectivity index (χ3n) is 3.87. The molecule has 1 unspecified atom stereocenters. The van der Waals surface area contributed by atoms with E-state index in [0.29, 0.717) is 0 Å². The Morgan fingerprint density at radius 1 is 1.00 bits per heavy atom. The first-order valence-corrected chi connectivity index (χ1v) is 8.34. The van der Waals surface area contributed by atoms with E-state index in [1.54, 1.807) is 32.6 Å². The molecule has 0 spiro atoms. The number of nitrogens with zero attached hydrogens (tertiary/aromatic N) is 1. The van der Waals surface area contributed by atoms with Gasteiger partial charge in [-0.15, -0.1) is 0 Å². The van der Waals surface area contributed by atoms with Crippen LogP contribution in [0, 0.1) is 11.8 Å². The average molecular weight is 332 g/mol. The number of likely N-dealkylation sites (N-methyl/N-ethyl adjacent to an activating group) is 1. The second kappa shape index (κ2) is 9.21. The second-order valence-electron chi connectivity index (χ2n) is 6.69. The first-order valence-electron chi connectivity index (χ1n) is 8.34. The normalized spacial score (nSPS) is 12.1. The zero-order valence-electron chi connectivity index (χ0n) is 15.2. The number of carbonyl (C=O) groups is 3. The summed E-state index contributed by atoms with van der Waals surface area (Å²) in [4.78, 5) is 38.4. The zero-order valence-corrected chi connectivity index (χ0v) is 15.2. The summed E-state index contributed by atoms with van der Waals surface area (Å²) in [7, 11) is 1.81. The van der Waals surface area contributed by atoms with Crippen LogP contribution in [0.15, 0.2) is 30.3 Å². The number of benzene rings is 1. The Balaban J connectivity index is 2.72. The molecule has 0 saturated carbocycles. The molecule has 0 aliphatic heterocycles. The van der Waals surface area contributed by atoms with Gasteiger partial charge in [0.1, 0.15) is 5.78 Å². The number of para-hydroxylation sites is 1. The van der Waals surface area contributed by atoms with Crippen LogP contribution in [0.3, 0.4) is 0 Å². The Morgan fingerprint density at radius 2 is 1.58 bits per heavy atom. The lowest BCUT2D eigenvalue weighted by atomic mass is 9.94. The smallest absolute Gasteiger partial charge is 0.240 e. The SMILES string of the molecule is CC(C)C(=O)CC(NC(=O)CN(C)c1ccccc1)C(=O)C(C)C. The highest BCUT2D eigenvalue weighted by Gasteiger charge is 2.26. The van der Waals surface area contributed by atoms with E-state index in [1.165, 1.54) is 0 Å². The lowest BCUT2D eigenvalue weighted by molar-refractivity contribution is -0.132. The van der Waals surface area contributed by atoms with Gasteiger partial charge in [0, 0.05) is 31.0 Å². The quantitative estimate of drug-likeness (QED) is 0.754. The van der Waals surface area contributed by atoms with Gasteiger partial charge in [0.05, 0.1) is 12.6 Å². The molecule has 0 aliphatic rings. The van der Waals surface area contributed by atoms with Crippen LogP contribution in [-0.4, -0.2) is 37.1 Å². The Bertz CT molecular complexity index is 567. The number of hydrogen-bond donors (Lipinski definition) is 1. The second-order valence-corrected chi connectivity index (χ2v) is 6.69. The minimum Gasteiger partial charge on any atom is -0.365 e. The Morgan fingerprint density at radius 3 is 2.08 bits per heavy atom. The van der Waals surface area contributed by atoms with E-state index >= 15 is 0 Å². The molecule has 0 saturated heterocycles. The molecular formula is C19H28N2O3. The summed E-state index contributed by atoms with van der Waals surface area (Å²) < 4.78 is 0. The summed E-state index contributed by atoms with van der Waals surface area (Å²) in [5.41, 5.74) is 0.914. The van der Waals surface area contributed by atoms with Crippen molar-refractivity contribution in [2.24, 2.45) is 11.8 Å². The van der Waals surface area contributed by atoms with Crippen LogP contribution in [-0.2, 0) is 14.4 Å². The summed E-state index contributed by atoms with van der Waals surface area (Å²) in [5.74, 6) is -0.791. The monoisotopic (exact) mass is 332 g/mol. The number of nitrogens with one attached hydrogen (secondary N) is 1. The maximum Gasteiger partial charge on any atom is 0.240 e. The maximum atomic E-state index is 12.3. The Labute approximate surface area is 144 Å². The van der Waals surface area contributed by atoms with Gasteiger partial charge in [-0.2, -0.15) is 0 Å². The maximum absolute atomic E-state index is 12.3. The van der Waals surface area contributed by atoms with Gasteiger partial charge in [0.2, 0.25) is 5.91 Å². The molecule has 1 atom stereocenters. The molecule has 132 valence electrons. The summed E-state index contributed by atoms with van der Waals surface area (Å²) in [6.07, 6.45) is 0.0511. The van der Waals surface area contributed by atoms with Crippen LogP contribution in [0.1, 0.15) is 34.1 Å². The van der Waals surface area contributed by atoms with Crippen molar-refractivity contribution in [1.82, 2.24) is 5.32 Å². The fourth-order valence-electron chi connectivity index (χ4n) is 2.29. The molecule has 0 heterocycles. The zero-order chi connectivity index (χ0) is 18.3. The van der Waals surface area contributed by atoms with Gasteiger partial charge in [-0.25, -0.2) is 0 Å². The van der Waals surface area contributed by atoms with Gasteiger partial charge < -0.3 is 10.2 Å². The third kappa shape index (κ3) is 6.14. The average Bonchev–Trinajstić information content (AvgIpc) is 2.53. The van der Waals surface area contributed by atoms with Crippen molar-refractivity contribution in [2.45, 2.75) is 40.2 Å². The molecule has 1 N–H and O–H groups in total. The predicted octanol–water partition coefficient (Wildman–Crippen LogP) is 2.45. The molecule has 0 aliphatic carbocycles. The number of anilines is 1. The van der Waals surface area contributed by atoms with E-state index < -0.39 is 6.04 Å². The van der Waals surface area contributed by atoms with E-state index in [1.807, 2.05) is 37.4 Å². The van der Waals surface area contributed by atoms with E-state index in [4.69, 9.17) is 0 Å². The van der Waals surface area contributed by atoms with Crippen molar-refractivity contribution in [3.05, 3.63) is 30.3 Å². The van der Waals surface area contributed by atoms with Crippen LogP contribution < -0.4 is 10.2 Å². The highest BCUT2D eigenvalue weighted by atomic mass is 16.2. The molecule has 1 aromatic rings. The highest BCUT2D eigenvalue weighted by Crippen LogP contribution is 2.11. The summed E-state index contributed by atoms with van der Waals surface area (Å²) in [6, 6.07) is 8.77. The standard InChI is InChI=1S/C19H28N2O3/c1-13(2)17(22)11-16(19(24)14(3)4)20-18(23)12-21(5)15-9-7-6-8-10-15/h6-10,13-14,16H,11-12H2,1-5H3,(H,20,23). The number of hydrogen-bond acceptors (Lipinski definition) is 4. The number of ketones is 2. The molecule has 1 rings (SSSR count). The first kappa shape index (κ1) is 19.9. The number of carbonyl (C=O) groups excluding carboxylic acids is 3. The fourth-order valence-corrected chi connectivity index (χ4v) is 2.29. The third-order valence-corrected chi connectivity index (χ3v) is 3.87. The molecule has 24 heavy (non-hydrogen) atoms. The Hall–Kier alpha value is -2.17. The molecule has 1 amide bonds. The fraction of sp³-hybridized carbons (Fsp3) is 0.526. The number of rotatable bonds is 9. The van der Waals surface area contributed by atoms with Gasteiger partial charge in [-0.1, -0.05) is 45.9 Å². The van der Waals surface area contributed by atoms with Gasteiger partial charge in [0.25, 0.3) is 0 Å². The molecule has 1 aromatic carbocycles. The van der Waals surface area contributed by atoms with E-state index in [0.717, 1.165) is 5.69 Å². The number of Topliss-reactive ketones (excluding diaryl/α,β-unsaturated/α-hetero) is 2. The van der Waals surface area contributed by atoms with E-state index in [9.17, 15) is 14.4 Å². The lowest BCUT2D eigenvalue weighted by Crippen LogP contribution is -2.47. The topological polar surface area (TPSA) is 66.5 Å². The van der Waals surface area contributed by atoms with E-state index in [2.05, 4.69) is 5.32 Å². The number of amides is 1. The van der Waals surface area contributed by atoms with Crippen molar-refractivity contribution in [3.8, 4) is 0 Å². The molecule has 5 nitrogen and oxygen atoms in total. The van der Waals surface area contributed by atoms with Crippen LogP contribution in [0.25, 0.3) is 0 Å². The summed E-state index contributed by atoms with van der Waals surface area (Å²) in [5, 5.41) is 2.73. The highest BCUT2D eigenvalue weighted by molar-refractivity contribution is 5.95. The molecule has 0 radical (unpaired) electrons. The Kier molecular flexibility index (Phi) is 7.62. The van der Waals surface area contributed by atoms with Gasteiger partial charge in [0.15, 0.2) is 5.78 Å². The first-order chi connectivity index (χ1) is 11.2. The lowest BCUT2D eigenvalue weighted by Gasteiger charge is -2.23. The molecule has 0 bridgehead atoms. The van der Waals surface area contributed by atoms with Gasteiger partial charge in [-0.05, 0) is 12.1 Å². The minimum atomic E-state index is -0.753. The molecule has 5 heteroatoms. The van der Waals surface area contributed by atoms with Crippen molar-refractivity contribution < 1.29 is 14.4 Å². The molecule has 0 aromatic heterocycles. The van der Waals surface area contributed by atoms with Crippen LogP contribution in [0.5, 0.6) is 0 Å². The van der Waals surface area contributed by atoms with Crippen LogP contribution in [0.2, 0.25) is 0 Å². The minimum absolute atomic E-state index is 0.0225. The van der Waals surface area contributed by atoms with Gasteiger partial charge >= 0.3 is 0 Å². The molecular weight excluding hydrogens is 304 g/mol. The molecule has 0 fully saturated rings.